The fourth-order valence-electron chi connectivity index (χ4n) is 18.5. The van der Waals surface area contributed by atoms with Gasteiger partial charge in [-0.05, 0) is 239 Å². The van der Waals surface area contributed by atoms with E-state index < -0.39 is 0 Å². The van der Waals surface area contributed by atoms with Crippen molar-refractivity contribution in [3.05, 3.63) is 307 Å². The minimum atomic E-state index is -0.233. The van der Waals surface area contributed by atoms with E-state index in [2.05, 4.69) is 374 Å². The van der Waals surface area contributed by atoms with Crippen molar-refractivity contribution in [1.82, 2.24) is 9.13 Å². The zero-order valence-electron chi connectivity index (χ0n) is 61.3. The Kier molecular flexibility index (Phi) is 14.0. The molecule has 0 fully saturated rings. The predicted molar refractivity (Wildman–Crippen MR) is 440 cm³/mol. The molecule has 2 aromatic heterocycles. The van der Waals surface area contributed by atoms with E-state index in [1.165, 1.54) is 181 Å². The summed E-state index contributed by atoms with van der Waals surface area (Å²) < 4.78 is 5.03. The third-order valence-electron chi connectivity index (χ3n) is 24.6. The summed E-state index contributed by atoms with van der Waals surface area (Å²) in [4.78, 5) is 5.27. The molecule has 19 rings (SSSR count). The third kappa shape index (κ3) is 9.99. The van der Waals surface area contributed by atoms with Gasteiger partial charge in [-0.15, -0.1) is 0 Å². The lowest BCUT2D eigenvalue weighted by Crippen LogP contribution is -2.61. The fraction of sp³-hybridized carbons (Fsp3) is 0.204. The van der Waals surface area contributed by atoms with E-state index in [4.69, 9.17) is 0 Å². The molecule has 4 nitrogen and oxygen atoms in total. The van der Waals surface area contributed by atoms with Gasteiger partial charge < -0.3 is 18.9 Å². The highest BCUT2D eigenvalue weighted by Crippen LogP contribution is 2.52. The van der Waals surface area contributed by atoms with Crippen LogP contribution in [-0.2, 0) is 27.1 Å². The first kappa shape index (κ1) is 63.1. The molecular weight excluding hydrogens is 1240 g/mol. The number of anilines is 6. The van der Waals surface area contributed by atoms with Crippen molar-refractivity contribution in [2.24, 2.45) is 0 Å². The SMILES string of the molecule is CC(C)(C)c1cc2c3c(c1)N(c1ccc(-c4ccc5c(c4)C(C)(C)CCC5(C)C)cc1)c1cc(-n4c5ccccc5c5cc(-c6ccccc6)ccc54)ccc1B3c1ccc(-n3c4ccccc4c4cc(-c5ccccc5)ccc43)cc1N2c1ccc(-c2ccc3c(c2)C(C)(C)CCC3(C)C)cc1. The standard InChI is InChI=1S/C98H87BN4/c1-94(2,3)70-58-91-93-92(59-70)101(72-40-32-65(33-41-72)69-35-45-80-82(57-69)98(10,11)53-51-96(80,6)7)90-61-74(103-86-29-21-19-27-76(86)78-55-67(37-49-88(78)103)63-24-16-13-17-25-63)43-47-84(90)99(93)83-46-42-73(102-85-28-20-18-26-75(85)77-54-66(36-48-87(77)102)62-22-14-12-15-23-62)60-89(83)100(91)71-38-30-64(31-39-71)68-34-44-79-81(56-68)97(8,9)52-50-95(79,4)5/h12-49,54-61H,50-53H2,1-11H3. The third-order valence-corrected chi connectivity index (χ3v) is 24.6. The van der Waals surface area contributed by atoms with Crippen molar-refractivity contribution in [3.8, 4) is 55.9 Å². The second kappa shape index (κ2) is 22.8. The first-order valence-corrected chi connectivity index (χ1v) is 37.4. The van der Waals surface area contributed by atoms with Crippen molar-refractivity contribution >= 4 is 101 Å². The quantitative estimate of drug-likeness (QED) is 0.141. The highest BCUT2D eigenvalue weighted by molar-refractivity contribution is 7.00. The summed E-state index contributed by atoms with van der Waals surface area (Å²) in [5.74, 6) is 0. The van der Waals surface area contributed by atoms with Crippen LogP contribution < -0.4 is 26.2 Å². The summed E-state index contributed by atoms with van der Waals surface area (Å²) in [6, 6.07) is 107. The number of benzene rings is 13. The van der Waals surface area contributed by atoms with Crippen LogP contribution in [0.15, 0.2) is 279 Å². The average Bonchev–Trinajstić information content (AvgIpc) is 0.902. The molecule has 103 heavy (non-hydrogen) atoms. The molecule has 0 atom stereocenters. The van der Waals surface area contributed by atoms with Crippen LogP contribution in [-0.4, -0.2) is 15.8 Å². The zero-order valence-corrected chi connectivity index (χ0v) is 61.3. The van der Waals surface area contributed by atoms with Gasteiger partial charge in [0, 0.05) is 67.0 Å². The minimum absolute atomic E-state index is 0.0924. The molecule has 0 saturated heterocycles. The Morgan fingerprint density at radius 3 is 1.01 bits per heavy atom. The summed E-state index contributed by atoms with van der Waals surface area (Å²) in [5, 5.41) is 4.95. The number of rotatable bonds is 8. The first-order valence-electron chi connectivity index (χ1n) is 37.4. The van der Waals surface area contributed by atoms with Gasteiger partial charge >= 0.3 is 0 Å². The van der Waals surface area contributed by atoms with Gasteiger partial charge in [0.2, 0.25) is 0 Å². The van der Waals surface area contributed by atoms with Crippen LogP contribution in [0.3, 0.4) is 0 Å². The lowest BCUT2D eigenvalue weighted by Gasteiger charge is -2.45. The van der Waals surface area contributed by atoms with E-state index in [1.807, 2.05) is 0 Å². The zero-order chi connectivity index (χ0) is 70.2. The minimum Gasteiger partial charge on any atom is -0.311 e. The number of aromatic nitrogens is 2. The normalized spacial score (nSPS) is 16.0. The van der Waals surface area contributed by atoms with Crippen LogP contribution in [0.1, 0.15) is 130 Å². The smallest absolute Gasteiger partial charge is 0.252 e. The van der Waals surface area contributed by atoms with Crippen LogP contribution in [0.4, 0.5) is 34.1 Å². The number of nitrogens with zero attached hydrogens (tertiary/aromatic N) is 4. The van der Waals surface area contributed by atoms with Gasteiger partial charge in [0.05, 0.1) is 22.1 Å². The summed E-state index contributed by atoms with van der Waals surface area (Å²) in [7, 11) is 0. The highest BCUT2D eigenvalue weighted by Gasteiger charge is 2.46. The molecule has 2 aliphatic heterocycles. The summed E-state index contributed by atoms with van der Waals surface area (Å²) in [5.41, 5.74) is 35.0. The van der Waals surface area contributed by atoms with Crippen LogP contribution in [0.2, 0.25) is 0 Å². The highest BCUT2D eigenvalue weighted by atomic mass is 15.2. The molecule has 0 spiro atoms. The van der Waals surface area contributed by atoms with Gasteiger partial charge in [-0.2, -0.15) is 0 Å². The van der Waals surface area contributed by atoms with E-state index in [0.29, 0.717) is 0 Å². The van der Waals surface area contributed by atoms with E-state index in [9.17, 15) is 0 Å². The maximum absolute atomic E-state index is 2.63. The van der Waals surface area contributed by atoms with E-state index >= 15 is 0 Å². The van der Waals surface area contributed by atoms with Crippen LogP contribution in [0.5, 0.6) is 0 Å². The van der Waals surface area contributed by atoms with Gasteiger partial charge in [0.1, 0.15) is 0 Å². The van der Waals surface area contributed by atoms with Crippen LogP contribution >= 0.6 is 0 Å². The lowest BCUT2D eigenvalue weighted by atomic mass is 9.33. The Labute approximate surface area is 607 Å². The van der Waals surface area contributed by atoms with Gasteiger partial charge in [-0.3, -0.25) is 0 Å². The first-order chi connectivity index (χ1) is 49.7. The van der Waals surface area contributed by atoms with Gasteiger partial charge in [-0.25, -0.2) is 0 Å². The molecule has 0 saturated carbocycles. The molecule has 0 unspecified atom stereocenters. The maximum Gasteiger partial charge on any atom is 0.252 e. The van der Waals surface area contributed by atoms with Crippen molar-refractivity contribution in [2.45, 2.75) is 129 Å². The Hall–Kier alpha value is -10.9. The largest absolute Gasteiger partial charge is 0.311 e. The van der Waals surface area contributed by atoms with Gasteiger partial charge in [0.25, 0.3) is 6.71 Å². The molecule has 502 valence electrons. The van der Waals surface area contributed by atoms with Crippen molar-refractivity contribution < 1.29 is 0 Å². The van der Waals surface area contributed by atoms with Crippen LogP contribution in [0.25, 0.3) is 99.5 Å². The topological polar surface area (TPSA) is 16.3 Å². The molecule has 4 aliphatic rings. The molecule has 0 bridgehead atoms. The molecule has 15 aromatic rings. The lowest BCUT2D eigenvalue weighted by molar-refractivity contribution is 0.332. The second-order valence-electron chi connectivity index (χ2n) is 33.8. The Morgan fingerprint density at radius 2 is 0.602 bits per heavy atom. The molecule has 5 heteroatoms. The van der Waals surface area contributed by atoms with Crippen molar-refractivity contribution in [2.75, 3.05) is 9.80 Å². The maximum atomic E-state index is 2.63. The van der Waals surface area contributed by atoms with Gasteiger partial charge in [-0.1, -0.05) is 258 Å². The van der Waals surface area contributed by atoms with Crippen molar-refractivity contribution in [1.29, 1.82) is 0 Å². The van der Waals surface area contributed by atoms with E-state index in [0.717, 1.165) is 22.7 Å². The number of fused-ring (bicyclic) bond motifs is 12. The van der Waals surface area contributed by atoms with Crippen LogP contribution in [0, 0.1) is 0 Å². The number of hydrogen-bond donors (Lipinski definition) is 0. The predicted octanol–water partition coefficient (Wildman–Crippen LogP) is 24.6. The van der Waals surface area contributed by atoms with E-state index in [-0.39, 0.29) is 33.8 Å². The molecule has 2 aliphatic carbocycles. The number of hydrogen-bond acceptors (Lipinski definition) is 2. The summed E-state index contributed by atoms with van der Waals surface area (Å²) in [6.45, 7) is 26.5. The molecule has 4 heterocycles. The molecule has 0 radical (unpaired) electrons. The molecular formula is C98H87BN4. The number of para-hydroxylation sites is 2. The molecule has 0 N–H and O–H groups in total. The van der Waals surface area contributed by atoms with Crippen molar-refractivity contribution in [3.63, 3.8) is 0 Å². The molecule has 0 amide bonds. The summed E-state index contributed by atoms with van der Waals surface area (Å²) >= 11 is 0. The molecule has 13 aromatic carbocycles. The monoisotopic (exact) mass is 1330 g/mol. The Balaban J connectivity index is 0.851. The summed E-state index contributed by atoms with van der Waals surface area (Å²) in [6.07, 6.45) is 4.73. The Bertz CT molecular complexity index is 5620. The Morgan fingerprint density at radius 1 is 0.272 bits per heavy atom. The fourth-order valence-corrected chi connectivity index (χ4v) is 18.5. The van der Waals surface area contributed by atoms with E-state index in [1.54, 1.807) is 0 Å². The van der Waals surface area contributed by atoms with Gasteiger partial charge in [0.15, 0.2) is 0 Å². The average molecular weight is 1330 g/mol. The second-order valence-corrected chi connectivity index (χ2v) is 33.8.